The maximum atomic E-state index is 12.1. The average Bonchev–Trinajstić information content (AvgIpc) is 3.09. The van der Waals surface area contributed by atoms with Crippen LogP contribution in [-0.2, 0) is 0 Å². The van der Waals surface area contributed by atoms with Crippen LogP contribution >= 0.6 is 0 Å². The lowest BCUT2D eigenvalue weighted by Crippen LogP contribution is -2.23. The molecule has 0 fully saturated rings. The van der Waals surface area contributed by atoms with Gasteiger partial charge in [-0.05, 0) is 4.90 Å². The first kappa shape index (κ1) is 17.0. The summed E-state index contributed by atoms with van der Waals surface area (Å²) in [6, 6.07) is 11.1. The van der Waals surface area contributed by atoms with Gasteiger partial charge in [0.2, 0.25) is 0 Å². The van der Waals surface area contributed by atoms with Crippen molar-refractivity contribution in [3.8, 4) is 22.5 Å². The summed E-state index contributed by atoms with van der Waals surface area (Å²) in [5.41, 5.74) is 0.272. The molecule has 0 aliphatic carbocycles. The van der Waals surface area contributed by atoms with E-state index in [4.69, 9.17) is 0 Å². The molecule has 0 saturated heterocycles. The van der Waals surface area contributed by atoms with Crippen molar-refractivity contribution >= 4 is 22.4 Å². The first-order valence-electron chi connectivity index (χ1n) is 7.71. The predicted octanol–water partition coefficient (Wildman–Crippen LogP) is 2.40. The third-order valence-corrected chi connectivity index (χ3v) is 3.97. The zero-order valence-corrected chi connectivity index (χ0v) is 13.8. The van der Waals surface area contributed by atoms with Crippen LogP contribution in [0, 0.1) is 25.4 Å². The van der Waals surface area contributed by atoms with Gasteiger partial charge in [0.05, 0.1) is 9.85 Å². The fourth-order valence-electron chi connectivity index (χ4n) is 2.72. The maximum Gasteiger partial charge on any atom is 0.278 e. The molecule has 0 aliphatic rings. The minimum atomic E-state index is -0.579. The van der Waals surface area contributed by atoms with Gasteiger partial charge in [-0.15, -0.1) is 10.2 Å². The van der Waals surface area contributed by atoms with Gasteiger partial charge in [0, 0.05) is 40.5 Å². The summed E-state index contributed by atoms with van der Waals surface area (Å²) in [7, 11) is 0. The number of benzene rings is 2. The molecule has 0 radical (unpaired) electrons. The van der Waals surface area contributed by atoms with Gasteiger partial charge in [-0.25, -0.2) is 0 Å². The Balaban J connectivity index is 1.94. The molecule has 0 atom stereocenters. The van der Waals surface area contributed by atoms with Crippen molar-refractivity contribution in [2.24, 2.45) is 0 Å². The van der Waals surface area contributed by atoms with Gasteiger partial charge in [0.15, 0.2) is 5.69 Å². The van der Waals surface area contributed by atoms with Crippen molar-refractivity contribution in [3.05, 3.63) is 74.0 Å². The number of nitro benzene ring substituents is 2. The summed E-state index contributed by atoms with van der Waals surface area (Å²) in [5.74, 6) is 0. The molecular weight excluding hydrogens is 372 g/mol. The van der Waals surface area contributed by atoms with E-state index in [1.165, 1.54) is 42.5 Å². The highest BCUT2D eigenvalue weighted by Crippen LogP contribution is 2.31. The molecule has 138 valence electrons. The molecule has 0 aliphatic heterocycles. The summed E-state index contributed by atoms with van der Waals surface area (Å²) in [6.45, 7) is 0. The van der Waals surface area contributed by atoms with E-state index < -0.39 is 9.85 Å². The molecule has 4 aromatic rings. The summed E-state index contributed by atoms with van der Waals surface area (Å²) < 4.78 is 4.66. The predicted molar refractivity (Wildman–Crippen MR) is 92.7 cm³/mol. The first-order chi connectivity index (χ1) is 13.5. The highest BCUT2D eigenvalue weighted by Gasteiger charge is 2.25. The second kappa shape index (κ2) is 6.35. The van der Waals surface area contributed by atoms with Crippen LogP contribution < -0.4 is 4.90 Å². The van der Waals surface area contributed by atoms with E-state index in [0.29, 0.717) is 5.56 Å². The van der Waals surface area contributed by atoms with Crippen molar-refractivity contribution in [2.45, 2.75) is 0 Å². The highest BCUT2D eigenvalue weighted by molar-refractivity contribution is 5.94. The largest absolute Gasteiger partial charge is 0.359 e. The summed E-state index contributed by atoms with van der Waals surface area (Å²) in [4.78, 5) is 21.0. The Hall–Kier alpha value is -4.48. The number of aromatic nitrogens is 4. The standard InChI is InChI=1S/C16H8N6O6/c23-20(24)11-5-1-3-9(7-11)13-15-16(22(27)28-19-15)14(18-17-13)10-4-2-6-12(8-10)21(25)26/h1-8H. The fourth-order valence-corrected chi connectivity index (χ4v) is 2.72. The molecule has 0 amide bonds. The Morgan fingerprint density at radius 2 is 1.39 bits per heavy atom. The maximum absolute atomic E-state index is 12.1. The van der Waals surface area contributed by atoms with Gasteiger partial charge in [-0.1, -0.05) is 24.3 Å². The van der Waals surface area contributed by atoms with Crippen LogP contribution in [-0.4, -0.2) is 25.2 Å². The molecular formula is C16H8N6O6. The molecule has 12 nitrogen and oxygen atoms in total. The van der Waals surface area contributed by atoms with Crippen LogP contribution in [0.5, 0.6) is 0 Å². The van der Waals surface area contributed by atoms with Gasteiger partial charge in [-0.2, -0.15) is 0 Å². The molecule has 2 heterocycles. The molecule has 0 unspecified atom stereocenters. The molecule has 4 rings (SSSR count). The molecule has 28 heavy (non-hydrogen) atoms. The van der Waals surface area contributed by atoms with E-state index in [1.807, 2.05) is 0 Å². The smallest absolute Gasteiger partial charge is 0.278 e. The molecule has 0 N–H and O–H groups in total. The average molecular weight is 380 g/mol. The molecule has 2 aromatic carbocycles. The third kappa shape index (κ3) is 2.74. The van der Waals surface area contributed by atoms with Crippen molar-refractivity contribution in [1.82, 2.24) is 15.4 Å². The lowest BCUT2D eigenvalue weighted by atomic mass is 10.1. The number of non-ortho nitro benzene ring substituents is 2. The zero-order chi connectivity index (χ0) is 19.8. The van der Waals surface area contributed by atoms with Crippen LogP contribution in [0.15, 0.2) is 53.2 Å². The van der Waals surface area contributed by atoms with Gasteiger partial charge in [0.1, 0.15) is 5.69 Å². The topological polar surface area (TPSA) is 165 Å². The number of hydrogen-bond donors (Lipinski definition) is 0. The lowest BCUT2D eigenvalue weighted by molar-refractivity contribution is -0.782. The summed E-state index contributed by atoms with van der Waals surface area (Å²) in [6.07, 6.45) is 0. The van der Waals surface area contributed by atoms with Crippen molar-refractivity contribution in [2.75, 3.05) is 0 Å². The Kier molecular flexibility index (Phi) is 3.85. The number of nitro groups is 2. The van der Waals surface area contributed by atoms with Gasteiger partial charge >= 0.3 is 0 Å². The van der Waals surface area contributed by atoms with Gasteiger partial charge in [-0.3, -0.25) is 24.9 Å². The van der Waals surface area contributed by atoms with Crippen molar-refractivity contribution in [1.29, 1.82) is 0 Å². The van der Waals surface area contributed by atoms with Crippen LogP contribution in [0.25, 0.3) is 33.5 Å². The number of rotatable bonds is 4. The summed E-state index contributed by atoms with van der Waals surface area (Å²) in [5, 5.41) is 45.8. The Bertz CT molecular complexity index is 1250. The van der Waals surface area contributed by atoms with Crippen LogP contribution in [0.1, 0.15) is 0 Å². The molecule has 0 spiro atoms. The van der Waals surface area contributed by atoms with Crippen molar-refractivity contribution < 1.29 is 19.4 Å². The minimum absolute atomic E-state index is 0.0204. The molecule has 2 aromatic heterocycles. The quantitative estimate of drug-likeness (QED) is 0.293. The number of nitrogens with zero attached hydrogens (tertiary/aromatic N) is 6. The number of hydrogen-bond acceptors (Lipinski definition) is 9. The van der Waals surface area contributed by atoms with Crippen molar-refractivity contribution in [3.63, 3.8) is 0 Å². The lowest BCUT2D eigenvalue weighted by Gasteiger charge is -2.03. The van der Waals surface area contributed by atoms with E-state index in [1.54, 1.807) is 6.07 Å². The van der Waals surface area contributed by atoms with E-state index in [9.17, 15) is 25.4 Å². The SMILES string of the molecule is O=[N+]([O-])c1cccc(-c2nnc(-c3cccc([N+](=O)[O-])c3)c3c2no[n+]3[O-])c1. The van der Waals surface area contributed by atoms with E-state index in [-0.39, 0.29) is 44.3 Å². The van der Waals surface area contributed by atoms with Crippen LogP contribution in [0.3, 0.4) is 0 Å². The zero-order valence-electron chi connectivity index (χ0n) is 13.8. The molecule has 0 saturated carbocycles. The second-order valence-corrected chi connectivity index (χ2v) is 5.64. The van der Waals surface area contributed by atoms with E-state index in [2.05, 4.69) is 20.0 Å². The van der Waals surface area contributed by atoms with Gasteiger partial charge in [0.25, 0.3) is 22.4 Å². The third-order valence-electron chi connectivity index (χ3n) is 3.97. The first-order valence-corrected chi connectivity index (χ1v) is 7.71. The van der Waals surface area contributed by atoms with Crippen LogP contribution in [0.4, 0.5) is 11.4 Å². The van der Waals surface area contributed by atoms with E-state index in [0.717, 1.165) is 0 Å². The molecule has 0 bridgehead atoms. The molecule has 12 heteroatoms. The Morgan fingerprint density at radius 1 is 0.857 bits per heavy atom. The Morgan fingerprint density at radius 3 is 1.96 bits per heavy atom. The minimum Gasteiger partial charge on any atom is -0.359 e. The van der Waals surface area contributed by atoms with Crippen LogP contribution in [0.2, 0.25) is 0 Å². The Labute approximate surface area is 154 Å². The number of fused-ring (bicyclic) bond motifs is 1. The second-order valence-electron chi connectivity index (χ2n) is 5.64. The fraction of sp³-hybridized carbons (Fsp3) is 0. The highest BCUT2D eigenvalue weighted by atomic mass is 16.8. The van der Waals surface area contributed by atoms with E-state index >= 15 is 0 Å². The summed E-state index contributed by atoms with van der Waals surface area (Å²) >= 11 is 0. The monoisotopic (exact) mass is 380 g/mol. The normalized spacial score (nSPS) is 10.9. The van der Waals surface area contributed by atoms with Gasteiger partial charge < -0.3 is 5.21 Å².